The average molecular weight is 291 g/mol. The largest absolute Gasteiger partial charge is 0.309 e. The van der Waals surface area contributed by atoms with Crippen LogP contribution in [-0.4, -0.2) is 25.5 Å². The monoisotopic (exact) mass is 291 g/mol. The first-order chi connectivity index (χ1) is 10.7. The molecular formula is C21H25N. The van der Waals surface area contributed by atoms with Gasteiger partial charge in [0.05, 0.1) is 0 Å². The Morgan fingerprint density at radius 3 is 2.59 bits per heavy atom. The number of allylic oxidation sites excluding steroid dienone is 7. The molecule has 1 aromatic carbocycles. The van der Waals surface area contributed by atoms with E-state index >= 15 is 0 Å². The van der Waals surface area contributed by atoms with Gasteiger partial charge in [-0.05, 0) is 55.3 Å². The summed E-state index contributed by atoms with van der Waals surface area (Å²) >= 11 is 0. The fraction of sp³-hybridized carbons (Fsp3) is 0.238. The van der Waals surface area contributed by atoms with Crippen LogP contribution in [0.4, 0.5) is 0 Å². The van der Waals surface area contributed by atoms with E-state index in [1.807, 2.05) is 6.08 Å². The highest BCUT2D eigenvalue weighted by Crippen LogP contribution is 2.34. The van der Waals surface area contributed by atoms with Crippen molar-refractivity contribution in [2.24, 2.45) is 0 Å². The molecule has 0 fully saturated rings. The molecule has 1 aliphatic rings. The SMILES string of the molecule is C=CC1=C(/C=C\C)C=Cc2ccccc2/C1=C/CCN(C)C. The molecule has 2 rings (SSSR count). The van der Waals surface area contributed by atoms with Crippen molar-refractivity contribution in [2.75, 3.05) is 20.6 Å². The molecular weight excluding hydrogens is 266 g/mol. The van der Waals surface area contributed by atoms with E-state index in [2.05, 4.69) is 87.1 Å². The maximum Gasteiger partial charge on any atom is 0.00101 e. The highest BCUT2D eigenvalue weighted by molar-refractivity contribution is 5.90. The van der Waals surface area contributed by atoms with Crippen LogP contribution in [0.25, 0.3) is 11.6 Å². The predicted octanol–water partition coefficient (Wildman–Crippen LogP) is 5.11. The minimum atomic E-state index is 1.02. The number of fused-ring (bicyclic) bond motifs is 1. The van der Waals surface area contributed by atoms with Crippen molar-refractivity contribution in [2.45, 2.75) is 13.3 Å². The molecule has 0 radical (unpaired) electrons. The first-order valence-corrected chi connectivity index (χ1v) is 7.79. The van der Waals surface area contributed by atoms with Gasteiger partial charge in [-0.15, -0.1) is 0 Å². The van der Waals surface area contributed by atoms with Crippen molar-refractivity contribution in [1.82, 2.24) is 4.90 Å². The molecule has 0 N–H and O–H groups in total. The molecule has 1 aliphatic carbocycles. The van der Waals surface area contributed by atoms with Crippen molar-refractivity contribution in [3.05, 3.63) is 83.5 Å². The molecule has 114 valence electrons. The first kappa shape index (κ1) is 16.3. The van der Waals surface area contributed by atoms with Crippen molar-refractivity contribution < 1.29 is 0 Å². The quantitative estimate of drug-likeness (QED) is 0.729. The normalized spacial score (nSPS) is 16.5. The van der Waals surface area contributed by atoms with Crippen LogP contribution in [0.1, 0.15) is 24.5 Å². The number of hydrogen-bond acceptors (Lipinski definition) is 1. The Bertz CT molecular complexity index is 654. The minimum absolute atomic E-state index is 1.02. The van der Waals surface area contributed by atoms with Crippen LogP contribution in [0.5, 0.6) is 0 Å². The van der Waals surface area contributed by atoms with E-state index in [9.17, 15) is 0 Å². The van der Waals surface area contributed by atoms with Gasteiger partial charge in [-0.1, -0.05) is 67.3 Å². The summed E-state index contributed by atoms with van der Waals surface area (Å²) in [5.41, 5.74) is 6.25. The summed E-state index contributed by atoms with van der Waals surface area (Å²) in [5.74, 6) is 0. The van der Waals surface area contributed by atoms with Crippen LogP contribution in [-0.2, 0) is 0 Å². The van der Waals surface area contributed by atoms with Crippen molar-refractivity contribution >= 4 is 11.6 Å². The maximum atomic E-state index is 4.05. The second-order valence-electron chi connectivity index (χ2n) is 5.70. The molecule has 1 aromatic rings. The van der Waals surface area contributed by atoms with Crippen LogP contribution in [0.2, 0.25) is 0 Å². The number of nitrogens with zero attached hydrogens (tertiary/aromatic N) is 1. The minimum Gasteiger partial charge on any atom is -0.309 e. The van der Waals surface area contributed by atoms with Gasteiger partial charge in [-0.25, -0.2) is 0 Å². The summed E-state index contributed by atoms with van der Waals surface area (Å²) in [4.78, 5) is 2.21. The summed E-state index contributed by atoms with van der Waals surface area (Å²) in [6.07, 6.45) is 14.0. The second kappa shape index (κ2) is 7.77. The number of rotatable bonds is 5. The van der Waals surface area contributed by atoms with E-state index in [0.717, 1.165) is 13.0 Å². The van der Waals surface area contributed by atoms with Gasteiger partial charge in [0.25, 0.3) is 0 Å². The maximum absolute atomic E-state index is 4.05. The lowest BCUT2D eigenvalue weighted by Gasteiger charge is -2.14. The lowest BCUT2D eigenvalue weighted by Crippen LogP contribution is -2.12. The van der Waals surface area contributed by atoms with Gasteiger partial charge in [0.15, 0.2) is 0 Å². The lowest BCUT2D eigenvalue weighted by atomic mass is 9.92. The van der Waals surface area contributed by atoms with Gasteiger partial charge in [-0.2, -0.15) is 0 Å². The van der Waals surface area contributed by atoms with E-state index < -0.39 is 0 Å². The number of hydrogen-bond donors (Lipinski definition) is 0. The number of benzene rings is 1. The van der Waals surface area contributed by atoms with Gasteiger partial charge < -0.3 is 4.90 Å². The van der Waals surface area contributed by atoms with Gasteiger partial charge in [0.1, 0.15) is 0 Å². The summed E-state index contributed by atoms with van der Waals surface area (Å²) in [5, 5.41) is 0. The molecule has 0 unspecified atom stereocenters. The molecule has 1 heteroatoms. The van der Waals surface area contributed by atoms with Gasteiger partial charge in [0.2, 0.25) is 0 Å². The van der Waals surface area contributed by atoms with Gasteiger partial charge in [-0.3, -0.25) is 0 Å². The Balaban J connectivity index is 2.56. The fourth-order valence-electron chi connectivity index (χ4n) is 2.70. The third-order valence-corrected chi connectivity index (χ3v) is 3.77. The summed E-state index contributed by atoms with van der Waals surface area (Å²) < 4.78 is 0. The van der Waals surface area contributed by atoms with Crippen LogP contribution >= 0.6 is 0 Å². The van der Waals surface area contributed by atoms with Crippen LogP contribution in [0.15, 0.2) is 72.4 Å². The predicted molar refractivity (Wildman–Crippen MR) is 98.7 cm³/mol. The van der Waals surface area contributed by atoms with Gasteiger partial charge in [0, 0.05) is 6.54 Å². The lowest BCUT2D eigenvalue weighted by molar-refractivity contribution is 0.417. The fourth-order valence-corrected chi connectivity index (χ4v) is 2.70. The van der Waals surface area contributed by atoms with E-state index in [0.29, 0.717) is 0 Å². The third kappa shape index (κ3) is 3.75. The molecule has 1 nitrogen and oxygen atoms in total. The first-order valence-electron chi connectivity index (χ1n) is 7.79. The molecule has 0 saturated carbocycles. The van der Waals surface area contributed by atoms with Crippen LogP contribution in [0.3, 0.4) is 0 Å². The summed E-state index contributed by atoms with van der Waals surface area (Å²) in [6.45, 7) is 7.14. The average Bonchev–Trinajstić information content (AvgIpc) is 2.65. The Kier molecular flexibility index (Phi) is 5.74. The standard InChI is InChI=1S/C21H25N/c1-5-10-17-14-15-18-11-7-8-12-20(18)21(19(17)6-2)13-9-16-22(3)4/h5-8,10-15H,2,9,16H2,1,3-4H3/b10-5-,21-13+. The molecule has 0 spiro atoms. The zero-order valence-corrected chi connectivity index (χ0v) is 13.8. The van der Waals surface area contributed by atoms with Crippen LogP contribution in [0, 0.1) is 0 Å². The molecule has 0 aliphatic heterocycles. The van der Waals surface area contributed by atoms with Crippen molar-refractivity contribution in [3.8, 4) is 0 Å². The topological polar surface area (TPSA) is 3.24 Å². The van der Waals surface area contributed by atoms with E-state index in [-0.39, 0.29) is 0 Å². The summed E-state index contributed by atoms with van der Waals surface area (Å²) in [7, 11) is 4.22. The highest BCUT2D eigenvalue weighted by Gasteiger charge is 2.14. The van der Waals surface area contributed by atoms with E-state index in [1.165, 1.54) is 27.8 Å². The van der Waals surface area contributed by atoms with E-state index in [1.54, 1.807) is 0 Å². The Hall–Kier alpha value is -2.12. The third-order valence-electron chi connectivity index (χ3n) is 3.77. The summed E-state index contributed by atoms with van der Waals surface area (Å²) in [6, 6.07) is 8.57. The van der Waals surface area contributed by atoms with Gasteiger partial charge >= 0.3 is 0 Å². The zero-order chi connectivity index (χ0) is 15.9. The zero-order valence-electron chi connectivity index (χ0n) is 13.8. The molecule has 0 bridgehead atoms. The smallest absolute Gasteiger partial charge is 0.00101 e. The molecule has 22 heavy (non-hydrogen) atoms. The second-order valence-corrected chi connectivity index (χ2v) is 5.70. The Morgan fingerprint density at radius 1 is 1.14 bits per heavy atom. The Labute approximate surface area is 134 Å². The molecule has 0 atom stereocenters. The van der Waals surface area contributed by atoms with Crippen molar-refractivity contribution in [1.29, 1.82) is 0 Å². The van der Waals surface area contributed by atoms with Crippen LogP contribution < -0.4 is 0 Å². The molecule has 0 aromatic heterocycles. The molecule has 0 saturated heterocycles. The molecule has 0 amide bonds. The van der Waals surface area contributed by atoms with E-state index in [4.69, 9.17) is 0 Å². The molecule has 0 heterocycles. The Morgan fingerprint density at radius 2 is 1.91 bits per heavy atom. The van der Waals surface area contributed by atoms with Crippen molar-refractivity contribution in [3.63, 3.8) is 0 Å². The highest BCUT2D eigenvalue weighted by atomic mass is 15.0.